The third kappa shape index (κ3) is 6.63. The predicted octanol–water partition coefficient (Wildman–Crippen LogP) is 1.51. The third-order valence-electron chi connectivity index (χ3n) is 5.30. The molecule has 1 amide bonds. The summed E-state index contributed by atoms with van der Waals surface area (Å²) in [6, 6.07) is 11.3. The monoisotopic (exact) mass is 507 g/mol. The third-order valence-corrected chi connectivity index (χ3v) is 5.30. The van der Waals surface area contributed by atoms with Gasteiger partial charge in [-0.05, 0) is 37.6 Å². The van der Waals surface area contributed by atoms with Gasteiger partial charge in [0.2, 0.25) is 5.91 Å². The van der Waals surface area contributed by atoms with Crippen molar-refractivity contribution in [2.45, 2.75) is 33.0 Å². The number of hydrogen-bond acceptors (Lipinski definition) is 9. The Morgan fingerprint density at radius 3 is 2.49 bits per heavy atom. The summed E-state index contributed by atoms with van der Waals surface area (Å²) >= 11 is 0. The number of aromatic nitrogens is 2. The Balaban J connectivity index is 1.92. The molecule has 0 spiro atoms. The Hall–Kier alpha value is -4.87. The van der Waals surface area contributed by atoms with Crippen molar-refractivity contribution in [3.63, 3.8) is 0 Å². The van der Waals surface area contributed by atoms with Gasteiger partial charge in [0.05, 0.1) is 24.6 Å². The van der Waals surface area contributed by atoms with Crippen LogP contribution in [-0.2, 0) is 22.6 Å². The van der Waals surface area contributed by atoms with E-state index in [2.05, 4.69) is 20.8 Å². The van der Waals surface area contributed by atoms with E-state index in [9.17, 15) is 14.4 Å². The number of amidine groups is 1. The molecule has 0 aliphatic rings. The molecule has 37 heavy (non-hydrogen) atoms. The Morgan fingerprint density at radius 1 is 1.16 bits per heavy atom. The first kappa shape index (κ1) is 26.7. The molecule has 0 aliphatic heterocycles. The van der Waals surface area contributed by atoms with Crippen molar-refractivity contribution in [2.24, 2.45) is 10.9 Å². The van der Waals surface area contributed by atoms with Crippen LogP contribution < -0.4 is 27.7 Å². The highest BCUT2D eigenvalue weighted by atomic mass is 16.5. The quantitative estimate of drug-likeness (QED) is 0.0714. The van der Waals surface area contributed by atoms with Crippen LogP contribution in [0, 0.1) is 0 Å². The van der Waals surface area contributed by atoms with Crippen molar-refractivity contribution in [3.05, 3.63) is 75.7 Å². The summed E-state index contributed by atoms with van der Waals surface area (Å²) in [6.45, 7) is 3.59. The van der Waals surface area contributed by atoms with Crippen LogP contribution in [0.4, 0.5) is 11.5 Å². The van der Waals surface area contributed by atoms with Crippen LogP contribution in [0.2, 0.25) is 0 Å². The molecule has 0 fully saturated rings. The van der Waals surface area contributed by atoms with Gasteiger partial charge < -0.3 is 32.0 Å². The number of hydrogen-bond donors (Lipinski definition) is 5. The lowest BCUT2D eigenvalue weighted by Crippen LogP contribution is -2.35. The molecule has 7 N–H and O–H groups in total. The van der Waals surface area contributed by atoms with Gasteiger partial charge in [-0.2, -0.15) is 0 Å². The SMILES string of the molecule is COC(=O)c1cc(N)cc(-c2cnc(NC(C)C)c(=O)n2CC(=O)NCc2ccc(/C(N)=N/O)cc2)c1. The molecule has 0 bridgehead atoms. The second-order valence-electron chi connectivity index (χ2n) is 8.48. The fourth-order valence-corrected chi connectivity index (χ4v) is 3.53. The van der Waals surface area contributed by atoms with E-state index in [4.69, 9.17) is 21.4 Å². The number of nitrogens with one attached hydrogen (secondary N) is 2. The number of anilines is 2. The number of nitrogen functional groups attached to an aromatic ring is 1. The normalized spacial score (nSPS) is 11.3. The minimum Gasteiger partial charge on any atom is -0.465 e. The van der Waals surface area contributed by atoms with Crippen LogP contribution >= 0.6 is 0 Å². The lowest BCUT2D eigenvalue weighted by atomic mass is 10.1. The number of nitrogens with two attached hydrogens (primary N) is 2. The lowest BCUT2D eigenvalue weighted by molar-refractivity contribution is -0.121. The largest absolute Gasteiger partial charge is 0.465 e. The van der Waals surface area contributed by atoms with Gasteiger partial charge >= 0.3 is 5.97 Å². The van der Waals surface area contributed by atoms with Crippen molar-refractivity contribution < 1.29 is 19.5 Å². The molecule has 1 aromatic heterocycles. The van der Waals surface area contributed by atoms with Gasteiger partial charge in [-0.1, -0.05) is 29.4 Å². The number of methoxy groups -OCH3 is 1. The fraction of sp³-hybridized carbons (Fsp3) is 0.240. The highest BCUT2D eigenvalue weighted by Crippen LogP contribution is 2.24. The average Bonchev–Trinajstić information content (AvgIpc) is 2.88. The molecular formula is C25H29N7O5. The summed E-state index contributed by atoms with van der Waals surface area (Å²) in [7, 11) is 1.25. The van der Waals surface area contributed by atoms with E-state index in [1.54, 1.807) is 30.3 Å². The zero-order valence-corrected chi connectivity index (χ0v) is 20.7. The number of benzene rings is 2. The molecule has 0 saturated heterocycles. The Labute approximate surface area is 213 Å². The molecule has 1 heterocycles. The van der Waals surface area contributed by atoms with E-state index in [0.29, 0.717) is 16.8 Å². The van der Waals surface area contributed by atoms with Crippen LogP contribution in [0.1, 0.15) is 35.3 Å². The summed E-state index contributed by atoms with van der Waals surface area (Å²) in [5, 5.41) is 17.5. The van der Waals surface area contributed by atoms with Crippen LogP contribution in [-0.4, -0.2) is 45.6 Å². The van der Waals surface area contributed by atoms with Crippen LogP contribution in [0.25, 0.3) is 11.3 Å². The molecule has 194 valence electrons. The Kier molecular flexibility index (Phi) is 8.46. The summed E-state index contributed by atoms with van der Waals surface area (Å²) in [5.74, 6) is -0.961. The van der Waals surface area contributed by atoms with Gasteiger partial charge in [0, 0.05) is 29.4 Å². The zero-order valence-electron chi connectivity index (χ0n) is 20.7. The number of amides is 1. The summed E-state index contributed by atoms with van der Waals surface area (Å²) in [5.41, 5.74) is 13.5. The van der Waals surface area contributed by atoms with E-state index in [1.807, 2.05) is 13.8 Å². The molecule has 3 aromatic rings. The minimum atomic E-state index is -0.593. The van der Waals surface area contributed by atoms with Gasteiger partial charge in [-0.25, -0.2) is 9.78 Å². The number of esters is 1. The maximum atomic E-state index is 13.3. The number of nitrogens with zero attached hydrogens (tertiary/aromatic N) is 3. The lowest BCUT2D eigenvalue weighted by Gasteiger charge is -2.17. The second-order valence-corrected chi connectivity index (χ2v) is 8.48. The maximum Gasteiger partial charge on any atom is 0.337 e. The van der Waals surface area contributed by atoms with Gasteiger partial charge in [0.25, 0.3) is 5.56 Å². The predicted molar refractivity (Wildman–Crippen MR) is 139 cm³/mol. The van der Waals surface area contributed by atoms with E-state index < -0.39 is 17.4 Å². The molecule has 0 unspecified atom stereocenters. The number of rotatable bonds is 9. The zero-order chi connectivity index (χ0) is 27.1. The fourth-order valence-electron chi connectivity index (χ4n) is 3.53. The minimum absolute atomic E-state index is 0.0251. The van der Waals surface area contributed by atoms with Crippen molar-refractivity contribution in [3.8, 4) is 11.3 Å². The molecular weight excluding hydrogens is 478 g/mol. The molecule has 3 rings (SSSR count). The Morgan fingerprint density at radius 2 is 1.86 bits per heavy atom. The van der Waals surface area contributed by atoms with Gasteiger partial charge in [0.1, 0.15) is 6.54 Å². The topological polar surface area (TPSA) is 187 Å². The number of oxime groups is 1. The molecule has 12 heteroatoms. The standard InChI is InChI=1S/C25H29N7O5/c1-14(2)30-23-24(34)32(13-21(33)28-11-15-4-6-16(7-5-15)22(27)31-36)20(12-29-23)17-8-18(25(35)37-3)10-19(26)9-17/h4-10,12,14,36H,11,13,26H2,1-3H3,(H2,27,31)(H,28,33)(H,29,30). The number of ether oxygens (including phenoxy) is 1. The molecule has 0 atom stereocenters. The highest BCUT2D eigenvalue weighted by molar-refractivity contribution is 5.97. The second kappa shape index (κ2) is 11.7. The maximum absolute atomic E-state index is 13.3. The number of carbonyl (C=O) groups is 2. The average molecular weight is 508 g/mol. The first-order valence-electron chi connectivity index (χ1n) is 11.3. The van der Waals surface area contributed by atoms with Gasteiger partial charge in [0.15, 0.2) is 11.7 Å². The molecule has 0 saturated carbocycles. The first-order valence-corrected chi connectivity index (χ1v) is 11.3. The molecule has 2 aromatic carbocycles. The van der Waals surface area contributed by atoms with Crippen LogP contribution in [0.3, 0.4) is 0 Å². The van der Waals surface area contributed by atoms with Crippen molar-refractivity contribution in [1.29, 1.82) is 0 Å². The summed E-state index contributed by atoms with van der Waals surface area (Å²) in [6.07, 6.45) is 1.45. The van der Waals surface area contributed by atoms with Crippen molar-refractivity contribution >= 4 is 29.2 Å². The van der Waals surface area contributed by atoms with Crippen molar-refractivity contribution in [1.82, 2.24) is 14.9 Å². The molecule has 0 radical (unpaired) electrons. The van der Waals surface area contributed by atoms with Gasteiger partial charge in [-0.15, -0.1) is 0 Å². The smallest absolute Gasteiger partial charge is 0.337 e. The van der Waals surface area contributed by atoms with E-state index >= 15 is 0 Å². The van der Waals surface area contributed by atoms with E-state index in [0.717, 1.165) is 5.56 Å². The molecule has 12 nitrogen and oxygen atoms in total. The Bertz CT molecular complexity index is 1380. The summed E-state index contributed by atoms with van der Waals surface area (Å²) in [4.78, 5) is 42.5. The van der Waals surface area contributed by atoms with Gasteiger partial charge in [-0.3, -0.25) is 14.2 Å². The van der Waals surface area contributed by atoms with Crippen LogP contribution in [0.15, 0.2) is 58.6 Å². The first-order chi connectivity index (χ1) is 17.6. The highest BCUT2D eigenvalue weighted by Gasteiger charge is 2.18. The van der Waals surface area contributed by atoms with E-state index in [-0.39, 0.29) is 42.0 Å². The number of carbonyl (C=O) groups excluding carboxylic acids is 2. The summed E-state index contributed by atoms with van der Waals surface area (Å²) < 4.78 is 6.05. The van der Waals surface area contributed by atoms with Crippen LogP contribution in [0.5, 0.6) is 0 Å². The van der Waals surface area contributed by atoms with Crippen molar-refractivity contribution in [2.75, 3.05) is 18.2 Å². The molecule has 0 aliphatic carbocycles. The van der Waals surface area contributed by atoms with E-state index in [1.165, 1.54) is 30.0 Å².